The van der Waals surface area contributed by atoms with Crippen molar-refractivity contribution < 1.29 is 0 Å². The van der Waals surface area contributed by atoms with Crippen molar-refractivity contribution >= 4 is 29.3 Å². The van der Waals surface area contributed by atoms with E-state index in [0.717, 1.165) is 37.6 Å². The Morgan fingerprint density at radius 2 is 1.79 bits per heavy atom. The molecule has 0 aromatic carbocycles. The summed E-state index contributed by atoms with van der Waals surface area (Å²) < 4.78 is 0. The minimum absolute atomic E-state index is 0.311. The summed E-state index contributed by atoms with van der Waals surface area (Å²) in [7, 11) is 0. The van der Waals surface area contributed by atoms with E-state index in [1.165, 1.54) is 18.6 Å². The third kappa shape index (κ3) is 7.10. The van der Waals surface area contributed by atoms with Crippen LogP contribution in [0.1, 0.15) is 32.6 Å². The van der Waals surface area contributed by atoms with Gasteiger partial charge in [0.25, 0.3) is 0 Å². The molecular formula is C13H25N5S. The molecule has 0 fully saturated rings. The topological polar surface area (TPSA) is 75.9 Å². The lowest BCUT2D eigenvalue weighted by molar-refractivity contribution is 0.748. The van der Waals surface area contributed by atoms with Gasteiger partial charge in [0.15, 0.2) is 0 Å². The lowest BCUT2D eigenvalue weighted by Gasteiger charge is -2.09. The fourth-order valence-corrected chi connectivity index (χ4v) is 2.16. The van der Waals surface area contributed by atoms with Crippen LogP contribution in [0.25, 0.3) is 0 Å². The average Bonchev–Trinajstić information content (AvgIpc) is 2.40. The van der Waals surface area contributed by atoms with E-state index < -0.39 is 0 Å². The first kappa shape index (κ1) is 15.9. The summed E-state index contributed by atoms with van der Waals surface area (Å²) in [6, 6.07) is 1.91. The summed E-state index contributed by atoms with van der Waals surface area (Å²) in [6.45, 7) is 3.94. The molecule has 0 spiro atoms. The number of unbranched alkanes of at least 4 members (excludes halogenated alkanes) is 2. The standard InChI is InChI=1S/C13H25N5S/c1-3-7-15-11-10-12(18-13(14)17-11)16-8-5-4-6-9-19-2/h10H,3-9H2,1-2H3,(H4,14,15,16,17,18). The van der Waals surface area contributed by atoms with Gasteiger partial charge in [-0.3, -0.25) is 0 Å². The van der Waals surface area contributed by atoms with Gasteiger partial charge in [-0.25, -0.2) is 0 Å². The molecule has 0 unspecified atom stereocenters. The van der Waals surface area contributed by atoms with Crippen molar-refractivity contribution in [2.45, 2.75) is 32.6 Å². The molecule has 6 heteroatoms. The quantitative estimate of drug-likeness (QED) is 0.573. The van der Waals surface area contributed by atoms with Gasteiger partial charge < -0.3 is 16.4 Å². The number of nitrogens with zero attached hydrogens (tertiary/aromatic N) is 2. The zero-order valence-corrected chi connectivity index (χ0v) is 12.7. The Hall–Kier alpha value is -1.17. The van der Waals surface area contributed by atoms with Crippen LogP contribution in [0.5, 0.6) is 0 Å². The minimum atomic E-state index is 0.311. The highest BCUT2D eigenvalue weighted by Gasteiger charge is 2.01. The molecule has 1 aromatic rings. The number of hydrogen-bond acceptors (Lipinski definition) is 6. The lowest BCUT2D eigenvalue weighted by atomic mass is 10.2. The number of nitrogens with two attached hydrogens (primary N) is 1. The summed E-state index contributed by atoms with van der Waals surface area (Å²) in [5.41, 5.74) is 5.70. The largest absolute Gasteiger partial charge is 0.370 e. The first-order valence-electron chi connectivity index (χ1n) is 6.87. The highest BCUT2D eigenvalue weighted by molar-refractivity contribution is 7.98. The second kappa shape index (κ2) is 9.72. The highest BCUT2D eigenvalue weighted by atomic mass is 32.2. The molecule has 1 aromatic heterocycles. The predicted molar refractivity (Wildman–Crippen MR) is 85.9 cm³/mol. The molecule has 0 atom stereocenters. The van der Waals surface area contributed by atoms with Crippen molar-refractivity contribution in [1.29, 1.82) is 0 Å². The Labute approximate surface area is 120 Å². The van der Waals surface area contributed by atoms with Crippen LogP contribution >= 0.6 is 11.8 Å². The van der Waals surface area contributed by atoms with E-state index in [1.54, 1.807) is 0 Å². The molecule has 0 aliphatic heterocycles. The van der Waals surface area contributed by atoms with E-state index in [4.69, 9.17) is 5.73 Å². The highest BCUT2D eigenvalue weighted by Crippen LogP contribution is 2.12. The van der Waals surface area contributed by atoms with E-state index in [0.29, 0.717) is 5.95 Å². The van der Waals surface area contributed by atoms with Crippen LogP contribution in [0, 0.1) is 0 Å². The number of hydrogen-bond donors (Lipinski definition) is 3. The first-order chi connectivity index (χ1) is 9.26. The van der Waals surface area contributed by atoms with Crippen molar-refractivity contribution in [2.24, 2.45) is 0 Å². The van der Waals surface area contributed by atoms with Gasteiger partial charge in [0.05, 0.1) is 0 Å². The maximum absolute atomic E-state index is 5.70. The van der Waals surface area contributed by atoms with Crippen molar-refractivity contribution in [3.63, 3.8) is 0 Å². The smallest absolute Gasteiger partial charge is 0.223 e. The Balaban J connectivity index is 2.34. The van der Waals surface area contributed by atoms with Crippen LogP contribution in [-0.4, -0.2) is 35.1 Å². The van der Waals surface area contributed by atoms with Crippen molar-refractivity contribution in [2.75, 3.05) is 41.5 Å². The maximum Gasteiger partial charge on any atom is 0.223 e. The molecule has 0 amide bonds. The van der Waals surface area contributed by atoms with Crippen LogP contribution in [-0.2, 0) is 0 Å². The Kier molecular flexibility index (Phi) is 8.13. The Morgan fingerprint density at radius 1 is 1.11 bits per heavy atom. The van der Waals surface area contributed by atoms with E-state index in [2.05, 4.69) is 33.8 Å². The molecule has 108 valence electrons. The third-order valence-electron chi connectivity index (χ3n) is 2.63. The molecule has 1 heterocycles. The minimum Gasteiger partial charge on any atom is -0.370 e. The zero-order valence-electron chi connectivity index (χ0n) is 11.9. The fraction of sp³-hybridized carbons (Fsp3) is 0.692. The fourth-order valence-electron chi connectivity index (χ4n) is 1.66. The Morgan fingerprint density at radius 3 is 2.42 bits per heavy atom. The number of thioether (sulfide) groups is 1. The van der Waals surface area contributed by atoms with Gasteiger partial charge >= 0.3 is 0 Å². The number of anilines is 3. The molecule has 5 nitrogen and oxygen atoms in total. The van der Waals surface area contributed by atoms with Gasteiger partial charge in [0.1, 0.15) is 11.6 Å². The molecule has 0 saturated heterocycles. The predicted octanol–water partition coefficient (Wildman–Crippen LogP) is 2.83. The van der Waals surface area contributed by atoms with E-state index in [-0.39, 0.29) is 0 Å². The SMILES string of the molecule is CCCNc1cc(NCCCCCSC)nc(N)n1. The first-order valence-corrected chi connectivity index (χ1v) is 8.27. The number of nitrogens with one attached hydrogen (secondary N) is 2. The van der Waals surface area contributed by atoms with Gasteiger partial charge in [-0.1, -0.05) is 13.3 Å². The molecule has 19 heavy (non-hydrogen) atoms. The van der Waals surface area contributed by atoms with Gasteiger partial charge in [0, 0.05) is 19.2 Å². The average molecular weight is 283 g/mol. The monoisotopic (exact) mass is 283 g/mol. The number of rotatable bonds is 10. The molecule has 0 aliphatic rings. The van der Waals surface area contributed by atoms with Gasteiger partial charge in [-0.2, -0.15) is 21.7 Å². The van der Waals surface area contributed by atoms with Crippen molar-refractivity contribution in [1.82, 2.24) is 9.97 Å². The molecule has 0 aliphatic carbocycles. The normalized spacial score (nSPS) is 10.4. The molecular weight excluding hydrogens is 258 g/mol. The van der Waals surface area contributed by atoms with Gasteiger partial charge in [0.2, 0.25) is 5.95 Å². The van der Waals surface area contributed by atoms with E-state index >= 15 is 0 Å². The molecule has 1 rings (SSSR count). The summed E-state index contributed by atoms with van der Waals surface area (Å²) in [5.74, 6) is 3.15. The summed E-state index contributed by atoms with van der Waals surface area (Å²) >= 11 is 1.90. The Bertz CT molecular complexity index is 359. The summed E-state index contributed by atoms with van der Waals surface area (Å²) in [5, 5.41) is 6.52. The van der Waals surface area contributed by atoms with Crippen LogP contribution in [0.2, 0.25) is 0 Å². The van der Waals surface area contributed by atoms with Gasteiger partial charge in [-0.15, -0.1) is 0 Å². The lowest BCUT2D eigenvalue weighted by Crippen LogP contribution is -2.09. The maximum atomic E-state index is 5.70. The molecule has 4 N–H and O–H groups in total. The molecule has 0 radical (unpaired) electrons. The third-order valence-corrected chi connectivity index (χ3v) is 3.33. The van der Waals surface area contributed by atoms with E-state index in [1.807, 2.05) is 17.8 Å². The second-order valence-corrected chi connectivity index (χ2v) is 5.39. The molecule has 0 saturated carbocycles. The van der Waals surface area contributed by atoms with Crippen molar-refractivity contribution in [3.8, 4) is 0 Å². The zero-order chi connectivity index (χ0) is 13.9. The van der Waals surface area contributed by atoms with Crippen LogP contribution < -0.4 is 16.4 Å². The number of nitrogen functional groups attached to an aromatic ring is 1. The summed E-state index contributed by atoms with van der Waals surface area (Å²) in [4.78, 5) is 8.34. The van der Waals surface area contributed by atoms with Crippen molar-refractivity contribution in [3.05, 3.63) is 6.07 Å². The second-order valence-electron chi connectivity index (χ2n) is 4.40. The number of aromatic nitrogens is 2. The van der Waals surface area contributed by atoms with Crippen LogP contribution in [0.3, 0.4) is 0 Å². The molecule has 0 bridgehead atoms. The van der Waals surface area contributed by atoms with Gasteiger partial charge in [-0.05, 0) is 31.3 Å². The van der Waals surface area contributed by atoms with Crippen LogP contribution in [0.4, 0.5) is 17.6 Å². The van der Waals surface area contributed by atoms with Crippen LogP contribution in [0.15, 0.2) is 6.07 Å². The summed E-state index contributed by atoms with van der Waals surface area (Å²) in [6.07, 6.45) is 6.88. The van der Waals surface area contributed by atoms with E-state index in [9.17, 15) is 0 Å².